The van der Waals surface area contributed by atoms with Crippen LogP contribution in [0, 0.1) is 11.3 Å². The lowest BCUT2D eigenvalue weighted by atomic mass is 9.72. The predicted molar refractivity (Wildman–Crippen MR) is 62.8 cm³/mol. The lowest BCUT2D eigenvalue weighted by Crippen LogP contribution is -2.61. The SMILES string of the molecule is O=C(O)[C@@H]1CC[C@H](N2CC3(CCOCC3)C2)C1. The van der Waals surface area contributed by atoms with E-state index >= 15 is 0 Å². The number of ether oxygens (including phenoxy) is 1. The van der Waals surface area contributed by atoms with Crippen LogP contribution in [0.5, 0.6) is 0 Å². The molecule has 0 amide bonds. The number of hydrogen-bond acceptors (Lipinski definition) is 3. The summed E-state index contributed by atoms with van der Waals surface area (Å²) >= 11 is 0. The normalized spacial score (nSPS) is 36.9. The van der Waals surface area contributed by atoms with E-state index in [1.807, 2.05) is 0 Å². The van der Waals surface area contributed by atoms with E-state index in [-0.39, 0.29) is 5.92 Å². The molecule has 0 bridgehead atoms. The first kappa shape index (κ1) is 11.5. The van der Waals surface area contributed by atoms with Gasteiger partial charge in [0, 0.05) is 37.8 Å². The van der Waals surface area contributed by atoms with Crippen LogP contribution in [-0.4, -0.2) is 48.3 Å². The number of carboxylic acids is 1. The van der Waals surface area contributed by atoms with Gasteiger partial charge in [-0.25, -0.2) is 0 Å². The van der Waals surface area contributed by atoms with E-state index in [1.165, 1.54) is 25.9 Å². The maximum Gasteiger partial charge on any atom is 0.306 e. The number of carbonyl (C=O) groups is 1. The van der Waals surface area contributed by atoms with Crippen LogP contribution in [0.25, 0.3) is 0 Å². The van der Waals surface area contributed by atoms with Crippen molar-refractivity contribution >= 4 is 5.97 Å². The second-order valence-corrected chi connectivity index (χ2v) is 6.02. The fourth-order valence-corrected chi connectivity index (χ4v) is 3.71. The second-order valence-electron chi connectivity index (χ2n) is 6.02. The standard InChI is InChI=1S/C13H21NO3/c15-12(16)10-1-2-11(7-10)14-8-13(9-14)3-5-17-6-4-13/h10-11H,1-9H2,(H,15,16)/t10-,11+/m1/s1. The van der Waals surface area contributed by atoms with Crippen molar-refractivity contribution in [3.05, 3.63) is 0 Å². The quantitative estimate of drug-likeness (QED) is 0.790. The Morgan fingerprint density at radius 2 is 1.94 bits per heavy atom. The summed E-state index contributed by atoms with van der Waals surface area (Å²) in [4.78, 5) is 13.4. The van der Waals surface area contributed by atoms with Crippen molar-refractivity contribution < 1.29 is 14.6 Å². The van der Waals surface area contributed by atoms with Gasteiger partial charge in [-0.05, 0) is 32.1 Å². The van der Waals surface area contributed by atoms with Gasteiger partial charge in [0.15, 0.2) is 0 Å². The number of carboxylic acid groups (broad SMARTS) is 1. The third-order valence-electron chi connectivity index (χ3n) is 4.90. The summed E-state index contributed by atoms with van der Waals surface area (Å²) in [6, 6.07) is 0.532. The zero-order chi connectivity index (χ0) is 11.9. The molecule has 1 saturated carbocycles. The van der Waals surface area contributed by atoms with Crippen LogP contribution >= 0.6 is 0 Å². The molecule has 96 valence electrons. The molecule has 3 rings (SSSR count). The Labute approximate surface area is 102 Å². The highest BCUT2D eigenvalue weighted by Gasteiger charge is 2.47. The predicted octanol–water partition coefficient (Wildman–Crippen LogP) is 1.35. The number of hydrogen-bond donors (Lipinski definition) is 1. The second kappa shape index (κ2) is 4.25. The number of rotatable bonds is 2. The molecule has 3 aliphatic rings. The Morgan fingerprint density at radius 3 is 2.53 bits per heavy atom. The third-order valence-corrected chi connectivity index (χ3v) is 4.90. The molecule has 17 heavy (non-hydrogen) atoms. The molecule has 3 fully saturated rings. The minimum absolute atomic E-state index is 0.0914. The Morgan fingerprint density at radius 1 is 1.24 bits per heavy atom. The molecule has 0 unspecified atom stereocenters. The van der Waals surface area contributed by atoms with Gasteiger partial charge in [0.05, 0.1) is 5.92 Å². The molecule has 2 saturated heterocycles. The molecule has 1 N–H and O–H groups in total. The van der Waals surface area contributed by atoms with Gasteiger partial charge in [-0.15, -0.1) is 0 Å². The van der Waals surface area contributed by atoms with Crippen LogP contribution in [0.2, 0.25) is 0 Å². The van der Waals surface area contributed by atoms with Crippen LogP contribution in [0.3, 0.4) is 0 Å². The van der Waals surface area contributed by atoms with E-state index in [0.717, 1.165) is 32.5 Å². The van der Waals surface area contributed by atoms with Gasteiger partial charge in [-0.3, -0.25) is 9.69 Å². The van der Waals surface area contributed by atoms with Crippen LogP contribution in [0.1, 0.15) is 32.1 Å². The number of aliphatic carboxylic acids is 1. The third kappa shape index (κ3) is 2.08. The lowest BCUT2D eigenvalue weighted by Gasteiger charge is -2.54. The van der Waals surface area contributed by atoms with Gasteiger partial charge < -0.3 is 9.84 Å². The maximum absolute atomic E-state index is 10.9. The molecule has 4 heteroatoms. The largest absolute Gasteiger partial charge is 0.481 e. The molecule has 2 atom stereocenters. The van der Waals surface area contributed by atoms with Crippen LogP contribution < -0.4 is 0 Å². The molecule has 0 radical (unpaired) electrons. The van der Waals surface area contributed by atoms with E-state index in [2.05, 4.69) is 4.90 Å². The first-order valence-electron chi connectivity index (χ1n) is 6.73. The molecule has 2 aliphatic heterocycles. The zero-order valence-corrected chi connectivity index (χ0v) is 10.2. The van der Waals surface area contributed by atoms with Crippen molar-refractivity contribution in [3.63, 3.8) is 0 Å². The summed E-state index contributed by atoms with van der Waals surface area (Å²) in [7, 11) is 0. The summed E-state index contributed by atoms with van der Waals surface area (Å²) in [6.45, 7) is 4.17. The van der Waals surface area contributed by atoms with Crippen molar-refractivity contribution in [2.45, 2.75) is 38.1 Å². The molecular formula is C13H21NO3. The molecule has 1 aliphatic carbocycles. The van der Waals surface area contributed by atoms with Crippen molar-refractivity contribution in [3.8, 4) is 0 Å². The number of nitrogens with zero attached hydrogens (tertiary/aromatic N) is 1. The molecule has 2 heterocycles. The van der Waals surface area contributed by atoms with E-state index in [1.54, 1.807) is 0 Å². The van der Waals surface area contributed by atoms with Gasteiger partial charge in [0.1, 0.15) is 0 Å². The summed E-state index contributed by atoms with van der Waals surface area (Å²) in [5.74, 6) is -0.694. The van der Waals surface area contributed by atoms with Gasteiger partial charge >= 0.3 is 5.97 Å². The Bertz CT molecular complexity index is 304. The zero-order valence-electron chi connectivity index (χ0n) is 10.2. The van der Waals surface area contributed by atoms with Crippen molar-refractivity contribution in [2.75, 3.05) is 26.3 Å². The molecule has 1 spiro atoms. The minimum Gasteiger partial charge on any atom is -0.481 e. The molecule has 4 nitrogen and oxygen atoms in total. The molecular weight excluding hydrogens is 218 g/mol. The summed E-state index contributed by atoms with van der Waals surface area (Å²) in [5.41, 5.74) is 0.513. The van der Waals surface area contributed by atoms with Gasteiger partial charge in [-0.2, -0.15) is 0 Å². The van der Waals surface area contributed by atoms with Crippen LogP contribution in [0.15, 0.2) is 0 Å². The smallest absolute Gasteiger partial charge is 0.306 e. The molecule has 0 aromatic carbocycles. The highest BCUT2D eigenvalue weighted by atomic mass is 16.5. The van der Waals surface area contributed by atoms with Gasteiger partial charge in [0.2, 0.25) is 0 Å². The van der Waals surface area contributed by atoms with Crippen molar-refractivity contribution in [2.24, 2.45) is 11.3 Å². The van der Waals surface area contributed by atoms with Crippen molar-refractivity contribution in [1.29, 1.82) is 0 Å². The van der Waals surface area contributed by atoms with Crippen molar-refractivity contribution in [1.82, 2.24) is 4.90 Å². The van der Waals surface area contributed by atoms with E-state index in [9.17, 15) is 4.79 Å². The van der Waals surface area contributed by atoms with Crippen LogP contribution in [0.4, 0.5) is 0 Å². The Balaban J connectivity index is 1.51. The van der Waals surface area contributed by atoms with E-state index in [0.29, 0.717) is 11.5 Å². The lowest BCUT2D eigenvalue weighted by molar-refractivity contribution is -0.141. The minimum atomic E-state index is -0.603. The fraction of sp³-hybridized carbons (Fsp3) is 0.923. The molecule has 0 aromatic heterocycles. The van der Waals surface area contributed by atoms with Gasteiger partial charge in [-0.1, -0.05) is 0 Å². The fourth-order valence-electron chi connectivity index (χ4n) is 3.71. The number of likely N-dealkylation sites (tertiary alicyclic amines) is 1. The molecule has 0 aromatic rings. The van der Waals surface area contributed by atoms with E-state index < -0.39 is 5.97 Å². The first-order valence-corrected chi connectivity index (χ1v) is 6.73. The van der Waals surface area contributed by atoms with Gasteiger partial charge in [0.25, 0.3) is 0 Å². The summed E-state index contributed by atoms with van der Waals surface area (Å²) < 4.78 is 5.41. The average molecular weight is 239 g/mol. The highest BCUT2D eigenvalue weighted by Crippen LogP contribution is 2.43. The summed E-state index contributed by atoms with van der Waals surface area (Å²) in [6.07, 6.45) is 5.19. The topological polar surface area (TPSA) is 49.8 Å². The summed E-state index contributed by atoms with van der Waals surface area (Å²) in [5, 5.41) is 9.01. The average Bonchev–Trinajstić information content (AvgIpc) is 2.76. The van der Waals surface area contributed by atoms with E-state index in [4.69, 9.17) is 9.84 Å². The first-order chi connectivity index (χ1) is 8.19. The Kier molecular flexibility index (Phi) is 2.87. The Hall–Kier alpha value is -0.610. The van der Waals surface area contributed by atoms with Crippen LogP contribution in [-0.2, 0) is 9.53 Å². The monoisotopic (exact) mass is 239 g/mol. The maximum atomic E-state index is 10.9. The highest BCUT2D eigenvalue weighted by molar-refractivity contribution is 5.70.